The summed E-state index contributed by atoms with van der Waals surface area (Å²) in [5.74, 6) is 0.889. The summed E-state index contributed by atoms with van der Waals surface area (Å²) in [6, 6.07) is 20.2. The van der Waals surface area contributed by atoms with Crippen LogP contribution in [0, 0.1) is 19.8 Å². The van der Waals surface area contributed by atoms with Crippen LogP contribution < -0.4 is 10.6 Å². The van der Waals surface area contributed by atoms with E-state index in [0.29, 0.717) is 13.0 Å². The molecule has 2 N–H and O–H groups in total. The van der Waals surface area contributed by atoms with Crippen molar-refractivity contribution in [3.63, 3.8) is 0 Å². The first-order valence-electron chi connectivity index (χ1n) is 13.6. The monoisotopic (exact) mass is 498 g/mol. The molecule has 4 nitrogen and oxygen atoms in total. The van der Waals surface area contributed by atoms with Gasteiger partial charge in [-0.15, -0.1) is 0 Å². The molecule has 0 heterocycles. The fraction of sp³-hybridized carbons (Fsp3) is 0.394. The summed E-state index contributed by atoms with van der Waals surface area (Å²) >= 11 is 0. The topological polar surface area (TPSA) is 58.2 Å². The smallest absolute Gasteiger partial charge is 0.319 e. The molecule has 3 aromatic carbocycles. The second-order valence-corrected chi connectivity index (χ2v) is 10.5. The van der Waals surface area contributed by atoms with Crippen molar-refractivity contribution in [3.8, 4) is 0 Å². The summed E-state index contributed by atoms with van der Waals surface area (Å²) in [5, 5.41) is 6.08. The van der Waals surface area contributed by atoms with Crippen molar-refractivity contribution in [1.29, 1.82) is 0 Å². The molecular weight excluding hydrogens is 456 g/mol. The molecule has 0 spiro atoms. The predicted molar refractivity (Wildman–Crippen MR) is 154 cm³/mol. The summed E-state index contributed by atoms with van der Waals surface area (Å²) < 4.78 is 0. The molecule has 0 radical (unpaired) electrons. The number of ketones is 1. The second-order valence-electron chi connectivity index (χ2n) is 10.5. The minimum Gasteiger partial charge on any atom is -0.334 e. The van der Waals surface area contributed by atoms with E-state index in [4.69, 9.17) is 0 Å². The molecule has 0 unspecified atom stereocenters. The zero-order valence-corrected chi connectivity index (χ0v) is 23.1. The van der Waals surface area contributed by atoms with Gasteiger partial charge in [0.05, 0.1) is 0 Å². The lowest BCUT2D eigenvalue weighted by molar-refractivity contribution is 0.0988. The van der Waals surface area contributed by atoms with Gasteiger partial charge < -0.3 is 10.6 Å². The molecule has 0 bridgehead atoms. The highest BCUT2D eigenvalue weighted by molar-refractivity contribution is 5.96. The lowest BCUT2D eigenvalue weighted by Gasteiger charge is -2.15. The molecule has 0 aliphatic carbocycles. The lowest BCUT2D eigenvalue weighted by atomic mass is 9.98. The van der Waals surface area contributed by atoms with Crippen molar-refractivity contribution in [2.45, 2.75) is 79.7 Å². The summed E-state index contributed by atoms with van der Waals surface area (Å²) in [7, 11) is 0. The Balaban J connectivity index is 1.55. The number of nitrogens with one attached hydrogen (secondary N) is 2. The van der Waals surface area contributed by atoms with Crippen LogP contribution >= 0.6 is 0 Å². The van der Waals surface area contributed by atoms with Crippen LogP contribution in [0.1, 0.15) is 90.2 Å². The zero-order valence-electron chi connectivity index (χ0n) is 23.1. The van der Waals surface area contributed by atoms with Gasteiger partial charge >= 0.3 is 6.03 Å². The Morgan fingerprint density at radius 3 is 2.24 bits per heavy atom. The summed E-state index contributed by atoms with van der Waals surface area (Å²) in [6.07, 6.45) is 5.82. The number of rotatable bonds is 12. The molecular formula is C33H42N2O2. The van der Waals surface area contributed by atoms with E-state index in [9.17, 15) is 9.59 Å². The number of urea groups is 1. The average Bonchev–Trinajstić information content (AvgIpc) is 2.88. The number of aryl methyl sites for hydroxylation is 3. The minimum absolute atomic E-state index is 0.167. The highest BCUT2D eigenvalue weighted by Gasteiger charge is 2.10. The van der Waals surface area contributed by atoms with E-state index >= 15 is 0 Å². The Hall–Kier alpha value is -3.40. The van der Waals surface area contributed by atoms with Gasteiger partial charge in [0.2, 0.25) is 0 Å². The molecule has 0 saturated heterocycles. The van der Waals surface area contributed by atoms with Crippen LogP contribution in [0.25, 0.3) is 0 Å². The highest BCUT2D eigenvalue weighted by atomic mass is 16.2. The predicted octanol–water partition coefficient (Wildman–Crippen LogP) is 8.18. The minimum atomic E-state index is -0.187. The number of hydrogen-bond acceptors (Lipinski definition) is 2. The van der Waals surface area contributed by atoms with E-state index in [1.165, 1.54) is 35.1 Å². The van der Waals surface area contributed by atoms with Crippen LogP contribution in [0.4, 0.5) is 10.5 Å². The van der Waals surface area contributed by atoms with Crippen molar-refractivity contribution in [2.75, 3.05) is 5.32 Å². The largest absolute Gasteiger partial charge is 0.334 e. The molecule has 0 aromatic heterocycles. The van der Waals surface area contributed by atoms with Gasteiger partial charge in [0, 0.05) is 24.2 Å². The van der Waals surface area contributed by atoms with Gasteiger partial charge in [-0.25, -0.2) is 4.79 Å². The third kappa shape index (κ3) is 8.89. The number of carbonyl (C=O) groups excluding carboxylic acids is 2. The maximum atomic E-state index is 12.7. The quantitative estimate of drug-likeness (QED) is 0.195. The van der Waals surface area contributed by atoms with Gasteiger partial charge in [0.25, 0.3) is 0 Å². The van der Waals surface area contributed by atoms with Gasteiger partial charge in [0.15, 0.2) is 5.78 Å². The van der Waals surface area contributed by atoms with Crippen LogP contribution in [0.3, 0.4) is 0 Å². The first kappa shape index (κ1) is 28.2. The number of anilines is 1. The third-order valence-electron chi connectivity index (χ3n) is 6.90. The number of hydrogen-bond donors (Lipinski definition) is 2. The first-order chi connectivity index (χ1) is 17.7. The van der Waals surface area contributed by atoms with Crippen LogP contribution in [-0.4, -0.2) is 11.8 Å². The van der Waals surface area contributed by atoms with E-state index < -0.39 is 0 Å². The second kappa shape index (κ2) is 13.8. The maximum Gasteiger partial charge on any atom is 0.319 e. The van der Waals surface area contributed by atoms with Gasteiger partial charge in [-0.05, 0) is 84.5 Å². The van der Waals surface area contributed by atoms with Gasteiger partial charge in [-0.3, -0.25) is 4.79 Å². The van der Waals surface area contributed by atoms with E-state index in [0.717, 1.165) is 47.6 Å². The van der Waals surface area contributed by atoms with Crippen molar-refractivity contribution in [2.24, 2.45) is 5.92 Å². The molecule has 3 rings (SSSR count). The van der Waals surface area contributed by atoms with Crippen LogP contribution in [-0.2, 0) is 19.4 Å². The van der Waals surface area contributed by atoms with Crippen LogP contribution in [0.15, 0.2) is 60.7 Å². The zero-order chi connectivity index (χ0) is 26.8. The van der Waals surface area contributed by atoms with Crippen molar-refractivity contribution < 1.29 is 9.59 Å². The Kier molecular flexibility index (Phi) is 10.5. The van der Waals surface area contributed by atoms with Crippen LogP contribution in [0.5, 0.6) is 0 Å². The van der Waals surface area contributed by atoms with Crippen molar-refractivity contribution in [3.05, 3.63) is 99.6 Å². The maximum absolute atomic E-state index is 12.7. The highest BCUT2D eigenvalue weighted by Crippen LogP contribution is 2.24. The molecule has 37 heavy (non-hydrogen) atoms. The first-order valence-corrected chi connectivity index (χ1v) is 13.6. The Bertz CT molecular complexity index is 1200. The average molecular weight is 499 g/mol. The lowest BCUT2D eigenvalue weighted by Crippen LogP contribution is -2.28. The number of carbonyl (C=O) groups is 2. The number of Topliss-reactive ketones (excluding diaryl/α,β-unsaturated/α-hetero) is 1. The van der Waals surface area contributed by atoms with E-state index in [1.807, 2.05) is 37.3 Å². The number of benzene rings is 3. The SMILES string of the molecule is CCC(=O)c1cccc(Cc2ccc(CNC(=O)Nc3cc(C)c(C)cc3CCCCC(C)C)cc2)c1. The Labute approximate surface area is 222 Å². The molecule has 0 fully saturated rings. The van der Waals surface area contributed by atoms with Gasteiger partial charge in [-0.1, -0.05) is 82.1 Å². The molecule has 196 valence electrons. The van der Waals surface area contributed by atoms with Gasteiger partial charge in [-0.2, -0.15) is 0 Å². The van der Waals surface area contributed by atoms with Crippen molar-refractivity contribution >= 4 is 17.5 Å². The van der Waals surface area contributed by atoms with E-state index in [-0.39, 0.29) is 11.8 Å². The third-order valence-corrected chi connectivity index (χ3v) is 6.90. The molecule has 0 aliphatic heterocycles. The molecule has 0 aliphatic rings. The van der Waals surface area contributed by atoms with Crippen LogP contribution in [0.2, 0.25) is 0 Å². The molecule has 0 saturated carbocycles. The molecule has 4 heteroatoms. The summed E-state index contributed by atoms with van der Waals surface area (Å²) in [6.45, 7) is 11.1. The van der Waals surface area contributed by atoms with Gasteiger partial charge in [0.1, 0.15) is 0 Å². The molecule has 3 aromatic rings. The molecule has 0 atom stereocenters. The summed E-state index contributed by atoms with van der Waals surface area (Å²) in [4.78, 5) is 24.7. The molecule has 2 amide bonds. The Morgan fingerprint density at radius 2 is 1.54 bits per heavy atom. The normalized spacial score (nSPS) is 11.0. The van der Waals surface area contributed by atoms with E-state index in [1.54, 1.807) is 0 Å². The van der Waals surface area contributed by atoms with Crippen molar-refractivity contribution in [1.82, 2.24) is 5.32 Å². The summed E-state index contributed by atoms with van der Waals surface area (Å²) in [5.41, 5.74) is 8.66. The fourth-order valence-electron chi connectivity index (χ4n) is 4.49. The fourth-order valence-corrected chi connectivity index (χ4v) is 4.49. The number of unbranched alkanes of at least 4 members (excludes halogenated alkanes) is 1. The number of amides is 2. The van der Waals surface area contributed by atoms with E-state index in [2.05, 4.69) is 68.7 Å². The standard InChI is InChI=1S/C33H42N2O2/c1-6-32(36)30-13-9-11-28(21-30)20-26-14-16-27(17-15-26)22-34-33(37)35-31-19-25(5)24(4)18-29(31)12-8-7-10-23(2)3/h9,11,13-19,21,23H,6-8,10,12,20,22H2,1-5H3,(H2,34,35,37). The Morgan fingerprint density at radius 1 is 0.838 bits per heavy atom.